The predicted octanol–water partition coefficient (Wildman–Crippen LogP) is 1.83. The maximum absolute atomic E-state index is 11.7. The van der Waals surface area contributed by atoms with Crippen LogP contribution in [0.15, 0.2) is 0 Å². The third-order valence-corrected chi connectivity index (χ3v) is 4.11. The summed E-state index contributed by atoms with van der Waals surface area (Å²) in [5, 5.41) is 10.4. The van der Waals surface area contributed by atoms with Crippen molar-refractivity contribution in [3.63, 3.8) is 0 Å². The highest BCUT2D eigenvalue weighted by atomic mass is 32.2. The van der Waals surface area contributed by atoms with Gasteiger partial charge in [-0.2, -0.15) is 11.8 Å². The molecule has 0 aliphatic carbocycles. The van der Waals surface area contributed by atoms with Crippen molar-refractivity contribution in [1.82, 2.24) is 0 Å². The number of carbonyl (C=O) groups excluding carboxylic acids is 1. The third-order valence-electron chi connectivity index (χ3n) is 3.06. The zero-order valence-corrected chi connectivity index (χ0v) is 10.3. The first-order valence-corrected chi connectivity index (χ1v) is 6.78. The summed E-state index contributed by atoms with van der Waals surface area (Å²) >= 11 is 1.89. The van der Waals surface area contributed by atoms with Crippen LogP contribution in [0, 0.1) is 5.92 Å². The van der Waals surface area contributed by atoms with Gasteiger partial charge in [-0.05, 0) is 37.7 Å². The SMILES string of the molecule is CCOC(=O)C(O)(CC)C1CCSCC1. The number of thioether (sulfide) groups is 1. The summed E-state index contributed by atoms with van der Waals surface area (Å²) < 4.78 is 4.96. The van der Waals surface area contributed by atoms with Gasteiger partial charge in [0, 0.05) is 5.92 Å². The quantitative estimate of drug-likeness (QED) is 0.751. The summed E-state index contributed by atoms with van der Waals surface area (Å²) in [6.07, 6.45) is 2.27. The zero-order chi connectivity index (χ0) is 11.3. The largest absolute Gasteiger partial charge is 0.464 e. The summed E-state index contributed by atoms with van der Waals surface area (Å²) in [6.45, 7) is 3.95. The Labute approximate surface area is 95.6 Å². The second kappa shape index (κ2) is 5.75. The molecule has 0 radical (unpaired) electrons. The van der Waals surface area contributed by atoms with E-state index in [1.807, 2.05) is 18.7 Å². The topological polar surface area (TPSA) is 46.5 Å². The average molecular weight is 232 g/mol. The average Bonchev–Trinajstić information content (AvgIpc) is 2.29. The van der Waals surface area contributed by atoms with Crippen LogP contribution in [0.2, 0.25) is 0 Å². The Kier molecular flexibility index (Phi) is 4.93. The molecule has 1 heterocycles. The van der Waals surface area contributed by atoms with Crippen LogP contribution in [0.1, 0.15) is 33.1 Å². The highest BCUT2D eigenvalue weighted by Gasteiger charge is 2.43. The van der Waals surface area contributed by atoms with Gasteiger partial charge in [0.05, 0.1) is 6.61 Å². The molecule has 1 unspecified atom stereocenters. The summed E-state index contributed by atoms with van der Waals surface area (Å²) in [5.74, 6) is 1.70. The Hall–Kier alpha value is -0.220. The third kappa shape index (κ3) is 2.88. The first kappa shape index (κ1) is 12.8. The van der Waals surface area contributed by atoms with Crippen molar-refractivity contribution in [2.45, 2.75) is 38.7 Å². The molecule has 1 aliphatic heterocycles. The number of rotatable bonds is 4. The van der Waals surface area contributed by atoms with E-state index in [4.69, 9.17) is 4.74 Å². The van der Waals surface area contributed by atoms with Crippen LogP contribution in [0.3, 0.4) is 0 Å². The number of hydrogen-bond acceptors (Lipinski definition) is 4. The van der Waals surface area contributed by atoms with Gasteiger partial charge in [-0.3, -0.25) is 0 Å². The molecule has 0 bridgehead atoms. The number of hydrogen-bond donors (Lipinski definition) is 1. The van der Waals surface area contributed by atoms with Gasteiger partial charge in [0.1, 0.15) is 0 Å². The lowest BCUT2D eigenvalue weighted by Gasteiger charge is -2.35. The van der Waals surface area contributed by atoms with E-state index < -0.39 is 11.6 Å². The Balaban J connectivity index is 2.68. The maximum Gasteiger partial charge on any atom is 0.338 e. The van der Waals surface area contributed by atoms with Crippen molar-refractivity contribution in [3.8, 4) is 0 Å². The molecule has 0 amide bonds. The van der Waals surface area contributed by atoms with E-state index in [1.165, 1.54) is 0 Å². The van der Waals surface area contributed by atoms with Crippen LogP contribution in [0.4, 0.5) is 0 Å². The fourth-order valence-corrected chi connectivity index (χ4v) is 3.14. The van der Waals surface area contributed by atoms with E-state index in [-0.39, 0.29) is 5.92 Å². The molecule has 88 valence electrons. The zero-order valence-electron chi connectivity index (χ0n) is 9.49. The van der Waals surface area contributed by atoms with Gasteiger partial charge < -0.3 is 9.84 Å². The van der Waals surface area contributed by atoms with Gasteiger partial charge in [-0.15, -0.1) is 0 Å². The van der Waals surface area contributed by atoms with Crippen molar-refractivity contribution < 1.29 is 14.6 Å². The molecule has 1 fully saturated rings. The molecule has 0 saturated carbocycles. The lowest BCUT2D eigenvalue weighted by Crippen LogP contribution is -2.47. The van der Waals surface area contributed by atoms with Crippen molar-refractivity contribution >= 4 is 17.7 Å². The molecule has 1 rings (SSSR count). The fourth-order valence-electron chi connectivity index (χ4n) is 2.03. The lowest BCUT2D eigenvalue weighted by atomic mass is 9.81. The maximum atomic E-state index is 11.7. The Bertz CT molecular complexity index is 214. The van der Waals surface area contributed by atoms with Crippen LogP contribution in [-0.4, -0.2) is 34.8 Å². The molecule has 15 heavy (non-hydrogen) atoms. The molecular formula is C11H20O3S. The van der Waals surface area contributed by atoms with Crippen LogP contribution in [0.25, 0.3) is 0 Å². The van der Waals surface area contributed by atoms with Gasteiger partial charge in [0.2, 0.25) is 0 Å². The van der Waals surface area contributed by atoms with Gasteiger partial charge in [-0.1, -0.05) is 6.92 Å². The second-order valence-corrected chi connectivity index (χ2v) is 5.11. The van der Waals surface area contributed by atoms with Gasteiger partial charge >= 0.3 is 5.97 Å². The van der Waals surface area contributed by atoms with Crippen LogP contribution in [0.5, 0.6) is 0 Å². The number of esters is 1. The molecule has 1 N–H and O–H groups in total. The van der Waals surface area contributed by atoms with E-state index in [1.54, 1.807) is 6.92 Å². The van der Waals surface area contributed by atoms with E-state index in [9.17, 15) is 9.90 Å². The minimum atomic E-state index is -1.25. The van der Waals surface area contributed by atoms with Crippen molar-refractivity contribution in [2.75, 3.05) is 18.1 Å². The lowest BCUT2D eigenvalue weighted by molar-refractivity contribution is -0.172. The summed E-state index contributed by atoms with van der Waals surface area (Å²) in [4.78, 5) is 11.7. The normalized spacial score (nSPS) is 22.1. The number of carbonyl (C=O) groups is 1. The van der Waals surface area contributed by atoms with E-state index in [2.05, 4.69) is 0 Å². The summed E-state index contributed by atoms with van der Waals surface area (Å²) in [6, 6.07) is 0. The first-order chi connectivity index (χ1) is 7.15. The van der Waals surface area contributed by atoms with Crippen molar-refractivity contribution in [2.24, 2.45) is 5.92 Å². The molecule has 0 aromatic heterocycles. The Morgan fingerprint density at radius 3 is 2.53 bits per heavy atom. The molecule has 3 nitrogen and oxygen atoms in total. The highest BCUT2D eigenvalue weighted by molar-refractivity contribution is 7.99. The minimum absolute atomic E-state index is 0.0720. The monoisotopic (exact) mass is 232 g/mol. The molecular weight excluding hydrogens is 212 g/mol. The molecule has 1 saturated heterocycles. The molecule has 1 atom stereocenters. The second-order valence-electron chi connectivity index (χ2n) is 3.88. The van der Waals surface area contributed by atoms with Gasteiger partial charge in [-0.25, -0.2) is 4.79 Å². The molecule has 0 spiro atoms. The van der Waals surface area contributed by atoms with Crippen LogP contribution >= 0.6 is 11.8 Å². The smallest absolute Gasteiger partial charge is 0.338 e. The van der Waals surface area contributed by atoms with Crippen molar-refractivity contribution in [3.05, 3.63) is 0 Å². The van der Waals surface area contributed by atoms with Crippen molar-refractivity contribution in [1.29, 1.82) is 0 Å². The molecule has 4 heteroatoms. The molecule has 0 aromatic rings. The minimum Gasteiger partial charge on any atom is -0.464 e. The van der Waals surface area contributed by atoms with Gasteiger partial charge in [0.15, 0.2) is 5.60 Å². The van der Waals surface area contributed by atoms with E-state index in [0.717, 1.165) is 24.3 Å². The standard InChI is InChI=1S/C11H20O3S/c1-3-11(13,10(12)14-4-2)9-5-7-15-8-6-9/h9,13H,3-8H2,1-2H3. The summed E-state index contributed by atoms with van der Waals surface area (Å²) in [5.41, 5.74) is -1.25. The van der Waals surface area contributed by atoms with Crippen LogP contribution in [-0.2, 0) is 9.53 Å². The molecule has 0 aromatic carbocycles. The first-order valence-electron chi connectivity index (χ1n) is 5.62. The Morgan fingerprint density at radius 1 is 1.47 bits per heavy atom. The molecule has 1 aliphatic rings. The highest BCUT2D eigenvalue weighted by Crippen LogP contribution is 2.34. The predicted molar refractivity (Wildman–Crippen MR) is 61.9 cm³/mol. The van der Waals surface area contributed by atoms with Crippen LogP contribution < -0.4 is 0 Å². The fraction of sp³-hybridized carbons (Fsp3) is 0.909. The Morgan fingerprint density at radius 2 is 2.07 bits per heavy atom. The van der Waals surface area contributed by atoms with Gasteiger partial charge in [0.25, 0.3) is 0 Å². The summed E-state index contributed by atoms with van der Waals surface area (Å²) in [7, 11) is 0. The van der Waals surface area contributed by atoms with E-state index in [0.29, 0.717) is 13.0 Å². The van der Waals surface area contributed by atoms with E-state index >= 15 is 0 Å². The number of ether oxygens (including phenoxy) is 1. The number of aliphatic hydroxyl groups is 1.